The molecule has 1 heterocycles. The topological polar surface area (TPSA) is 88.0 Å². The van der Waals surface area contributed by atoms with Crippen molar-refractivity contribution in [2.24, 2.45) is 0 Å². The fourth-order valence-corrected chi connectivity index (χ4v) is 5.68. The number of hydrogen-bond donors (Lipinski definition) is 3. The zero-order chi connectivity index (χ0) is 28.4. The fraction of sp³-hybridized carbons (Fsp3) is 0.265. The molecule has 0 saturated carbocycles. The number of aliphatic hydroxyl groups is 2. The third-order valence-corrected chi connectivity index (χ3v) is 8.14. The molecule has 4 aromatic carbocycles. The molecule has 0 radical (unpaired) electrons. The third kappa shape index (κ3) is 7.85. The van der Waals surface area contributed by atoms with Gasteiger partial charge in [0, 0.05) is 35.6 Å². The fourth-order valence-electron chi connectivity index (χ4n) is 4.90. The predicted molar refractivity (Wildman–Crippen MR) is 162 cm³/mol. The van der Waals surface area contributed by atoms with Crippen LogP contribution in [0.1, 0.15) is 51.4 Å². The van der Waals surface area contributed by atoms with Gasteiger partial charge in [0.1, 0.15) is 0 Å². The maximum Gasteiger partial charge on any atom is 0.251 e. The summed E-state index contributed by atoms with van der Waals surface area (Å²) in [5.74, 6) is 1.33. The molecule has 3 N–H and O–H groups in total. The summed E-state index contributed by atoms with van der Waals surface area (Å²) in [5, 5.41) is 21.7. The Kier molecular flexibility index (Phi) is 10.2. The van der Waals surface area contributed by atoms with Crippen LogP contribution in [0, 0.1) is 0 Å². The number of rotatable bonds is 11. The van der Waals surface area contributed by atoms with E-state index in [1.807, 2.05) is 66.7 Å². The van der Waals surface area contributed by atoms with Crippen LogP contribution in [-0.2, 0) is 22.6 Å². The van der Waals surface area contributed by atoms with Gasteiger partial charge in [0.25, 0.3) is 5.91 Å². The number of hydrogen-bond acceptors (Lipinski definition) is 6. The van der Waals surface area contributed by atoms with Crippen molar-refractivity contribution < 1.29 is 24.5 Å². The molecule has 1 saturated heterocycles. The van der Waals surface area contributed by atoms with Crippen molar-refractivity contribution in [3.63, 3.8) is 0 Å². The van der Waals surface area contributed by atoms with Gasteiger partial charge < -0.3 is 25.0 Å². The van der Waals surface area contributed by atoms with E-state index in [0.717, 1.165) is 39.1 Å². The second kappa shape index (κ2) is 14.4. The van der Waals surface area contributed by atoms with Crippen molar-refractivity contribution in [1.29, 1.82) is 0 Å². The predicted octanol–water partition coefficient (Wildman–Crippen LogP) is 6.05. The third-order valence-electron chi connectivity index (χ3n) is 7.06. The van der Waals surface area contributed by atoms with Crippen molar-refractivity contribution in [1.82, 2.24) is 5.32 Å². The zero-order valence-electron chi connectivity index (χ0n) is 22.8. The SMILES string of the molecule is O=C(NCc1cccc(-c2cccc(C3OC(CSCCO)CC(c4ccc(CO)cc4)O3)c2)c1)c1ccccc1. The molecule has 1 fully saturated rings. The summed E-state index contributed by atoms with van der Waals surface area (Å²) < 4.78 is 12.9. The van der Waals surface area contributed by atoms with Gasteiger partial charge >= 0.3 is 0 Å². The van der Waals surface area contributed by atoms with Crippen LogP contribution in [-0.4, -0.2) is 40.3 Å². The van der Waals surface area contributed by atoms with Gasteiger partial charge in [-0.05, 0) is 52.1 Å². The van der Waals surface area contributed by atoms with Crippen molar-refractivity contribution in [3.05, 3.63) is 131 Å². The number of ether oxygens (including phenoxy) is 2. The minimum atomic E-state index is -0.542. The van der Waals surface area contributed by atoms with Gasteiger partial charge in [0.05, 0.1) is 25.4 Å². The van der Waals surface area contributed by atoms with Crippen molar-refractivity contribution in [2.75, 3.05) is 18.1 Å². The Hall–Kier alpha value is -3.46. The minimum absolute atomic E-state index is 0.00531. The lowest BCUT2D eigenvalue weighted by molar-refractivity contribution is -0.245. The van der Waals surface area contributed by atoms with E-state index in [4.69, 9.17) is 9.47 Å². The van der Waals surface area contributed by atoms with E-state index in [9.17, 15) is 15.0 Å². The number of amides is 1. The summed E-state index contributed by atoms with van der Waals surface area (Å²) in [6, 6.07) is 33.4. The van der Waals surface area contributed by atoms with E-state index in [1.165, 1.54) is 0 Å². The van der Waals surface area contributed by atoms with E-state index < -0.39 is 6.29 Å². The molecule has 4 aromatic rings. The molecule has 1 aliphatic heterocycles. The number of carbonyl (C=O) groups is 1. The summed E-state index contributed by atoms with van der Waals surface area (Å²) >= 11 is 1.67. The molecular formula is C34H35NO5S. The number of nitrogens with one attached hydrogen (secondary N) is 1. The molecule has 0 bridgehead atoms. The molecule has 6 nitrogen and oxygen atoms in total. The van der Waals surface area contributed by atoms with Crippen LogP contribution in [0.15, 0.2) is 103 Å². The highest BCUT2D eigenvalue weighted by Crippen LogP contribution is 2.39. The molecule has 1 amide bonds. The van der Waals surface area contributed by atoms with Gasteiger partial charge in [0.15, 0.2) is 6.29 Å². The number of aliphatic hydroxyl groups excluding tert-OH is 2. The Bertz CT molecular complexity index is 1410. The van der Waals surface area contributed by atoms with Crippen LogP contribution in [0.4, 0.5) is 0 Å². The van der Waals surface area contributed by atoms with Crippen molar-refractivity contribution >= 4 is 17.7 Å². The first-order chi connectivity index (χ1) is 20.1. The quantitative estimate of drug-likeness (QED) is 0.191. The standard InChI is InChI=1S/C34H35NO5S/c36-16-17-41-23-31-20-32(26-14-12-24(22-37)13-15-26)40-34(39-31)30-11-5-10-29(19-30)28-9-4-6-25(18-28)21-35-33(38)27-7-2-1-3-8-27/h1-15,18-19,31-32,34,36-37H,16-17,20-23H2,(H,35,38). The molecule has 0 aromatic heterocycles. The molecule has 0 aliphatic carbocycles. The molecule has 212 valence electrons. The molecular weight excluding hydrogens is 534 g/mol. The molecule has 7 heteroatoms. The maximum absolute atomic E-state index is 12.5. The highest BCUT2D eigenvalue weighted by atomic mass is 32.2. The molecule has 0 spiro atoms. The Labute approximate surface area is 245 Å². The van der Waals surface area contributed by atoms with E-state index in [2.05, 4.69) is 29.6 Å². The first-order valence-electron chi connectivity index (χ1n) is 13.8. The van der Waals surface area contributed by atoms with E-state index in [0.29, 0.717) is 24.3 Å². The average Bonchev–Trinajstić information content (AvgIpc) is 3.04. The molecule has 41 heavy (non-hydrogen) atoms. The number of benzene rings is 4. The maximum atomic E-state index is 12.5. The number of thioether (sulfide) groups is 1. The molecule has 3 atom stereocenters. The van der Waals surface area contributed by atoms with Crippen LogP contribution in [0.2, 0.25) is 0 Å². The molecule has 5 rings (SSSR count). The summed E-state index contributed by atoms with van der Waals surface area (Å²) in [5.41, 5.74) is 6.57. The summed E-state index contributed by atoms with van der Waals surface area (Å²) in [6.45, 7) is 0.575. The second-order valence-corrected chi connectivity index (χ2v) is 11.2. The highest BCUT2D eigenvalue weighted by molar-refractivity contribution is 7.99. The molecule has 1 aliphatic rings. The van der Waals surface area contributed by atoms with E-state index in [1.54, 1.807) is 23.9 Å². The van der Waals surface area contributed by atoms with Gasteiger partial charge in [-0.2, -0.15) is 11.8 Å². The summed E-state index contributed by atoms with van der Waals surface area (Å²) in [4.78, 5) is 12.5. The Morgan fingerprint density at radius 1 is 0.805 bits per heavy atom. The average molecular weight is 570 g/mol. The Balaban J connectivity index is 1.32. The Morgan fingerprint density at radius 2 is 1.56 bits per heavy atom. The van der Waals surface area contributed by atoms with E-state index >= 15 is 0 Å². The van der Waals surface area contributed by atoms with Gasteiger partial charge in [-0.25, -0.2) is 0 Å². The Morgan fingerprint density at radius 3 is 2.32 bits per heavy atom. The first kappa shape index (κ1) is 29.0. The zero-order valence-corrected chi connectivity index (χ0v) is 23.6. The van der Waals surface area contributed by atoms with Crippen LogP contribution in [0.5, 0.6) is 0 Å². The summed E-state index contributed by atoms with van der Waals surface area (Å²) in [7, 11) is 0. The normalized spacial score (nSPS) is 18.6. The smallest absolute Gasteiger partial charge is 0.251 e. The van der Waals surface area contributed by atoms with Gasteiger partial charge in [0.2, 0.25) is 0 Å². The van der Waals surface area contributed by atoms with E-state index in [-0.39, 0.29) is 31.3 Å². The first-order valence-corrected chi connectivity index (χ1v) is 15.0. The van der Waals surface area contributed by atoms with Crippen LogP contribution >= 0.6 is 11.8 Å². The van der Waals surface area contributed by atoms with Gasteiger partial charge in [-0.1, -0.05) is 78.9 Å². The van der Waals surface area contributed by atoms with Crippen LogP contribution in [0.3, 0.4) is 0 Å². The van der Waals surface area contributed by atoms with Gasteiger partial charge in [-0.15, -0.1) is 0 Å². The lowest BCUT2D eigenvalue weighted by Crippen LogP contribution is -2.31. The van der Waals surface area contributed by atoms with Crippen LogP contribution < -0.4 is 5.32 Å². The molecule has 3 unspecified atom stereocenters. The van der Waals surface area contributed by atoms with Gasteiger partial charge in [-0.3, -0.25) is 4.79 Å². The lowest BCUT2D eigenvalue weighted by atomic mass is 9.99. The minimum Gasteiger partial charge on any atom is -0.396 e. The van der Waals surface area contributed by atoms with Crippen molar-refractivity contribution in [2.45, 2.75) is 38.1 Å². The second-order valence-electron chi connectivity index (χ2n) is 10.0. The van der Waals surface area contributed by atoms with Crippen LogP contribution in [0.25, 0.3) is 11.1 Å². The largest absolute Gasteiger partial charge is 0.396 e. The number of carbonyl (C=O) groups excluding carboxylic acids is 1. The highest BCUT2D eigenvalue weighted by Gasteiger charge is 2.32. The van der Waals surface area contributed by atoms with Crippen molar-refractivity contribution in [3.8, 4) is 11.1 Å². The lowest BCUT2D eigenvalue weighted by Gasteiger charge is -2.36. The summed E-state index contributed by atoms with van der Waals surface area (Å²) in [6.07, 6.45) is -0.0159. The monoisotopic (exact) mass is 569 g/mol.